The predicted octanol–water partition coefficient (Wildman–Crippen LogP) is 3.44. The summed E-state index contributed by atoms with van der Waals surface area (Å²) in [6.45, 7) is 2.65. The van der Waals surface area contributed by atoms with Crippen molar-refractivity contribution in [3.8, 4) is 0 Å². The fourth-order valence-corrected chi connectivity index (χ4v) is 4.07. The third kappa shape index (κ3) is 2.21. The molecule has 1 spiro atoms. The van der Waals surface area contributed by atoms with E-state index >= 15 is 0 Å². The summed E-state index contributed by atoms with van der Waals surface area (Å²) in [6, 6.07) is 5.40. The first-order valence-corrected chi connectivity index (χ1v) is 8.35. The van der Waals surface area contributed by atoms with Gasteiger partial charge in [0.05, 0.1) is 10.0 Å². The van der Waals surface area contributed by atoms with Gasteiger partial charge in [0.15, 0.2) is 0 Å². The van der Waals surface area contributed by atoms with Crippen molar-refractivity contribution in [2.24, 2.45) is 0 Å². The second kappa shape index (κ2) is 5.15. The lowest BCUT2D eigenvalue weighted by Crippen LogP contribution is -2.43. The molecule has 2 aliphatic heterocycles. The van der Waals surface area contributed by atoms with Crippen molar-refractivity contribution >= 4 is 40.0 Å². The Kier molecular flexibility index (Phi) is 3.36. The lowest BCUT2D eigenvalue weighted by Gasteiger charge is -2.24. The fraction of sp³-hybridized carbons (Fsp3) is 0.438. The number of rotatable bonds is 1. The van der Waals surface area contributed by atoms with Crippen LogP contribution in [0.3, 0.4) is 0 Å². The summed E-state index contributed by atoms with van der Waals surface area (Å²) in [5, 5.41) is 5.36. The number of nitrogens with one attached hydrogen (secondary N) is 2. The van der Waals surface area contributed by atoms with Crippen LogP contribution in [0.1, 0.15) is 29.8 Å². The molecule has 1 aromatic carbocycles. The van der Waals surface area contributed by atoms with Crippen LogP contribution in [0.15, 0.2) is 18.2 Å². The Morgan fingerprint density at radius 2 is 2.14 bits per heavy atom. The minimum atomic E-state index is 0.0361. The van der Waals surface area contributed by atoms with Gasteiger partial charge in [-0.2, -0.15) is 0 Å². The molecule has 116 valence electrons. The number of amides is 1. The number of hydrogen-bond donors (Lipinski definition) is 2. The van der Waals surface area contributed by atoms with Crippen molar-refractivity contribution in [3.63, 3.8) is 0 Å². The molecule has 0 radical (unpaired) electrons. The van der Waals surface area contributed by atoms with Gasteiger partial charge in [-0.05, 0) is 44.0 Å². The summed E-state index contributed by atoms with van der Waals surface area (Å²) >= 11 is 12.3. The lowest BCUT2D eigenvalue weighted by molar-refractivity contribution is 0.0777. The number of nitrogens with zero attached hydrogens (tertiary/aromatic N) is 1. The van der Waals surface area contributed by atoms with Crippen LogP contribution in [-0.2, 0) is 0 Å². The highest BCUT2D eigenvalue weighted by molar-refractivity contribution is 6.45. The van der Waals surface area contributed by atoms with Gasteiger partial charge in [0.25, 0.3) is 5.91 Å². The van der Waals surface area contributed by atoms with E-state index in [-0.39, 0.29) is 11.4 Å². The van der Waals surface area contributed by atoms with Crippen LogP contribution >= 0.6 is 23.2 Å². The van der Waals surface area contributed by atoms with E-state index in [1.807, 2.05) is 11.0 Å². The molecule has 1 aromatic heterocycles. The van der Waals surface area contributed by atoms with E-state index in [2.05, 4.69) is 10.3 Å². The zero-order valence-electron chi connectivity index (χ0n) is 12.1. The highest BCUT2D eigenvalue weighted by atomic mass is 35.5. The summed E-state index contributed by atoms with van der Waals surface area (Å²) in [4.78, 5) is 17.8. The van der Waals surface area contributed by atoms with Crippen LogP contribution in [-0.4, -0.2) is 41.0 Å². The standard InChI is InChI=1S/C16H17Cl2N3O/c17-11-2-3-12-10(14(11)18)8-13(20-12)15(22)21-7-5-16(9-21)4-1-6-19-16/h2-3,8,19-20H,1,4-7,9H2. The molecule has 1 amide bonds. The molecule has 6 heteroatoms. The maximum absolute atomic E-state index is 12.7. The Labute approximate surface area is 138 Å². The molecular weight excluding hydrogens is 321 g/mol. The van der Waals surface area contributed by atoms with Crippen LogP contribution in [0.2, 0.25) is 10.0 Å². The molecule has 2 fully saturated rings. The van der Waals surface area contributed by atoms with Gasteiger partial charge in [0, 0.05) is 29.5 Å². The zero-order valence-corrected chi connectivity index (χ0v) is 13.6. The first kappa shape index (κ1) is 14.4. The van der Waals surface area contributed by atoms with Crippen molar-refractivity contribution in [2.75, 3.05) is 19.6 Å². The minimum Gasteiger partial charge on any atom is -0.350 e. The largest absolute Gasteiger partial charge is 0.350 e. The molecule has 3 heterocycles. The Bertz CT molecular complexity index is 749. The number of aromatic nitrogens is 1. The molecule has 2 aromatic rings. The van der Waals surface area contributed by atoms with Gasteiger partial charge in [0.2, 0.25) is 0 Å². The molecule has 2 aliphatic rings. The van der Waals surface area contributed by atoms with E-state index in [1.54, 1.807) is 12.1 Å². The maximum atomic E-state index is 12.7. The summed E-state index contributed by atoms with van der Waals surface area (Å²) in [5.74, 6) is 0.0361. The van der Waals surface area contributed by atoms with Crippen molar-refractivity contribution in [1.29, 1.82) is 0 Å². The number of aromatic amines is 1. The highest BCUT2D eigenvalue weighted by Crippen LogP contribution is 2.33. The Morgan fingerprint density at radius 3 is 2.91 bits per heavy atom. The second-order valence-electron chi connectivity index (χ2n) is 6.29. The number of likely N-dealkylation sites (tertiary alicyclic amines) is 1. The molecule has 4 nitrogen and oxygen atoms in total. The molecular formula is C16H17Cl2N3O. The molecule has 1 atom stereocenters. The zero-order chi connectivity index (χ0) is 15.3. The van der Waals surface area contributed by atoms with E-state index in [1.165, 1.54) is 6.42 Å². The molecule has 0 bridgehead atoms. The third-order valence-electron chi connectivity index (χ3n) is 4.89. The quantitative estimate of drug-likeness (QED) is 0.837. The number of fused-ring (bicyclic) bond motifs is 1. The first-order chi connectivity index (χ1) is 10.6. The van der Waals surface area contributed by atoms with Crippen LogP contribution in [0.5, 0.6) is 0 Å². The third-order valence-corrected chi connectivity index (χ3v) is 5.71. The van der Waals surface area contributed by atoms with Gasteiger partial charge in [-0.25, -0.2) is 0 Å². The number of H-pyrrole nitrogens is 1. The SMILES string of the molecule is O=C(c1cc2c(Cl)c(Cl)ccc2[nH]1)N1CCC2(CCCN2)C1. The smallest absolute Gasteiger partial charge is 0.270 e. The van der Waals surface area contributed by atoms with Crippen LogP contribution in [0.4, 0.5) is 0 Å². The van der Waals surface area contributed by atoms with E-state index in [0.29, 0.717) is 15.7 Å². The van der Waals surface area contributed by atoms with Crippen LogP contribution < -0.4 is 5.32 Å². The van der Waals surface area contributed by atoms with Crippen LogP contribution in [0, 0.1) is 0 Å². The minimum absolute atomic E-state index is 0.0361. The van der Waals surface area contributed by atoms with E-state index in [0.717, 1.165) is 43.4 Å². The average Bonchev–Trinajstić information content (AvgIpc) is 3.23. The average molecular weight is 338 g/mol. The molecule has 4 rings (SSSR count). The highest BCUT2D eigenvalue weighted by Gasteiger charge is 2.41. The van der Waals surface area contributed by atoms with Gasteiger partial charge in [-0.15, -0.1) is 0 Å². The molecule has 0 saturated carbocycles. The van der Waals surface area contributed by atoms with E-state index in [4.69, 9.17) is 23.2 Å². The molecule has 0 aliphatic carbocycles. The van der Waals surface area contributed by atoms with E-state index < -0.39 is 0 Å². The van der Waals surface area contributed by atoms with Crippen LogP contribution in [0.25, 0.3) is 10.9 Å². The Balaban J connectivity index is 1.62. The fourth-order valence-electron chi connectivity index (χ4n) is 3.69. The van der Waals surface area contributed by atoms with E-state index in [9.17, 15) is 4.79 Å². The first-order valence-electron chi connectivity index (χ1n) is 7.59. The summed E-state index contributed by atoms with van der Waals surface area (Å²) in [5.41, 5.74) is 1.56. The molecule has 2 saturated heterocycles. The number of carbonyl (C=O) groups excluding carboxylic acids is 1. The number of carbonyl (C=O) groups is 1. The summed E-state index contributed by atoms with van der Waals surface area (Å²) < 4.78 is 0. The normalized spacial score (nSPS) is 24.7. The lowest BCUT2D eigenvalue weighted by atomic mass is 9.97. The van der Waals surface area contributed by atoms with Crippen molar-refractivity contribution in [1.82, 2.24) is 15.2 Å². The van der Waals surface area contributed by atoms with Crippen molar-refractivity contribution in [3.05, 3.63) is 33.9 Å². The Morgan fingerprint density at radius 1 is 1.27 bits per heavy atom. The van der Waals surface area contributed by atoms with Crippen molar-refractivity contribution < 1.29 is 4.79 Å². The van der Waals surface area contributed by atoms with Crippen molar-refractivity contribution in [2.45, 2.75) is 24.8 Å². The monoisotopic (exact) mass is 337 g/mol. The van der Waals surface area contributed by atoms with Gasteiger partial charge in [0.1, 0.15) is 5.69 Å². The number of hydrogen-bond acceptors (Lipinski definition) is 2. The van der Waals surface area contributed by atoms with Gasteiger partial charge < -0.3 is 15.2 Å². The summed E-state index contributed by atoms with van der Waals surface area (Å²) in [7, 11) is 0. The molecule has 22 heavy (non-hydrogen) atoms. The van der Waals surface area contributed by atoms with Gasteiger partial charge in [-0.1, -0.05) is 23.2 Å². The number of benzene rings is 1. The topological polar surface area (TPSA) is 48.1 Å². The molecule has 1 unspecified atom stereocenters. The molecule has 2 N–H and O–H groups in total. The predicted molar refractivity (Wildman–Crippen MR) is 88.8 cm³/mol. The maximum Gasteiger partial charge on any atom is 0.270 e. The van der Waals surface area contributed by atoms with Gasteiger partial charge in [-0.3, -0.25) is 4.79 Å². The Hall–Kier alpha value is -1.23. The number of halogens is 2. The second-order valence-corrected chi connectivity index (χ2v) is 7.08. The van der Waals surface area contributed by atoms with Gasteiger partial charge >= 0.3 is 0 Å². The summed E-state index contributed by atoms with van der Waals surface area (Å²) in [6.07, 6.45) is 3.39.